The van der Waals surface area contributed by atoms with Crippen molar-refractivity contribution in [2.75, 3.05) is 4.72 Å². The number of aryl methyl sites for hydroxylation is 1. The highest BCUT2D eigenvalue weighted by molar-refractivity contribution is 7.92. The van der Waals surface area contributed by atoms with E-state index in [4.69, 9.17) is 16.7 Å². The molecule has 0 atom stereocenters. The first-order valence-corrected chi connectivity index (χ1v) is 8.02. The molecule has 0 aliphatic carbocycles. The number of halogens is 2. The lowest BCUT2D eigenvalue weighted by molar-refractivity contribution is 0.0685. The molecule has 0 aliphatic heterocycles. The van der Waals surface area contributed by atoms with E-state index < -0.39 is 21.8 Å². The molecule has 0 aliphatic rings. The predicted octanol–water partition coefficient (Wildman–Crippen LogP) is 2.80. The number of aromatic nitrogens is 1. The smallest absolute Gasteiger partial charge is 0.352 e. The third-order valence-corrected chi connectivity index (χ3v) is 4.48. The molecule has 2 rings (SSSR count). The third-order valence-electron chi connectivity index (χ3n) is 2.91. The van der Waals surface area contributed by atoms with Gasteiger partial charge in [-0.15, -0.1) is 0 Å². The number of rotatable bonds is 5. The predicted molar refractivity (Wildman–Crippen MR) is 79.3 cm³/mol. The van der Waals surface area contributed by atoms with Crippen LogP contribution in [0.15, 0.2) is 35.4 Å². The maximum Gasteiger partial charge on any atom is 0.352 e. The van der Waals surface area contributed by atoms with Crippen molar-refractivity contribution in [3.63, 3.8) is 0 Å². The highest BCUT2D eigenvalue weighted by Crippen LogP contribution is 2.24. The molecule has 0 fully saturated rings. The summed E-state index contributed by atoms with van der Waals surface area (Å²) in [5.41, 5.74) is -0.483. The van der Waals surface area contributed by atoms with E-state index in [2.05, 4.69) is 4.72 Å². The standard InChI is InChI=1S/C13H12ClFN2O4S/c1-2-17-7-9(6-12(17)13(18)19)22(20,21)16-11-5-8(14)3-4-10(11)15/h3-7,16H,2H2,1H3,(H,18,19). The Hall–Kier alpha value is -2.06. The van der Waals surface area contributed by atoms with Gasteiger partial charge in [-0.25, -0.2) is 17.6 Å². The molecule has 0 spiro atoms. The highest BCUT2D eigenvalue weighted by atomic mass is 35.5. The molecule has 0 saturated heterocycles. The fourth-order valence-electron chi connectivity index (χ4n) is 1.85. The monoisotopic (exact) mass is 346 g/mol. The number of carboxylic acid groups (broad SMARTS) is 1. The van der Waals surface area contributed by atoms with Gasteiger partial charge in [0.15, 0.2) is 0 Å². The largest absolute Gasteiger partial charge is 0.477 e. The van der Waals surface area contributed by atoms with Crippen LogP contribution in [0.25, 0.3) is 0 Å². The summed E-state index contributed by atoms with van der Waals surface area (Å²) in [6, 6.07) is 4.45. The van der Waals surface area contributed by atoms with Gasteiger partial charge in [-0.2, -0.15) is 0 Å². The summed E-state index contributed by atoms with van der Waals surface area (Å²) in [6.45, 7) is 1.95. The summed E-state index contributed by atoms with van der Waals surface area (Å²) < 4.78 is 41.4. The van der Waals surface area contributed by atoms with Crippen molar-refractivity contribution in [1.82, 2.24) is 4.57 Å². The van der Waals surface area contributed by atoms with Gasteiger partial charge in [0.1, 0.15) is 16.4 Å². The minimum Gasteiger partial charge on any atom is -0.477 e. The minimum absolute atomic E-state index is 0.163. The van der Waals surface area contributed by atoms with Crippen molar-refractivity contribution >= 4 is 33.3 Å². The average Bonchev–Trinajstić information content (AvgIpc) is 2.88. The van der Waals surface area contributed by atoms with E-state index in [-0.39, 0.29) is 27.8 Å². The number of nitrogens with one attached hydrogen (secondary N) is 1. The summed E-state index contributed by atoms with van der Waals surface area (Å²) in [5, 5.41) is 9.20. The van der Waals surface area contributed by atoms with Crippen LogP contribution in [0.4, 0.5) is 10.1 Å². The van der Waals surface area contributed by atoms with Crippen molar-refractivity contribution in [2.24, 2.45) is 0 Å². The first kappa shape index (κ1) is 16.3. The molecule has 0 amide bonds. The normalized spacial score (nSPS) is 11.4. The quantitative estimate of drug-likeness (QED) is 0.871. The Morgan fingerprint density at radius 2 is 2.09 bits per heavy atom. The van der Waals surface area contributed by atoms with Crippen LogP contribution in [-0.4, -0.2) is 24.1 Å². The molecule has 9 heteroatoms. The van der Waals surface area contributed by atoms with Gasteiger partial charge in [-0.05, 0) is 31.2 Å². The zero-order valence-corrected chi connectivity index (χ0v) is 12.9. The number of benzene rings is 1. The van der Waals surface area contributed by atoms with Crippen LogP contribution in [0.5, 0.6) is 0 Å². The van der Waals surface area contributed by atoms with Crippen molar-refractivity contribution in [3.8, 4) is 0 Å². The molecule has 1 aromatic carbocycles. The van der Waals surface area contributed by atoms with E-state index in [0.717, 1.165) is 18.2 Å². The molecule has 2 N–H and O–H groups in total. The fourth-order valence-corrected chi connectivity index (χ4v) is 3.12. The summed E-state index contributed by atoms with van der Waals surface area (Å²) in [6.07, 6.45) is 1.17. The summed E-state index contributed by atoms with van der Waals surface area (Å²) >= 11 is 5.70. The van der Waals surface area contributed by atoms with Crippen molar-refractivity contribution in [2.45, 2.75) is 18.4 Å². The zero-order valence-electron chi connectivity index (χ0n) is 11.4. The summed E-state index contributed by atoms with van der Waals surface area (Å²) in [4.78, 5) is 10.8. The Morgan fingerprint density at radius 3 is 2.64 bits per heavy atom. The number of hydrogen-bond acceptors (Lipinski definition) is 3. The first-order valence-electron chi connectivity index (χ1n) is 6.16. The van der Waals surface area contributed by atoms with Crippen LogP contribution in [0.3, 0.4) is 0 Å². The molecule has 118 valence electrons. The lowest BCUT2D eigenvalue weighted by Gasteiger charge is -2.07. The van der Waals surface area contributed by atoms with Crippen LogP contribution in [0.2, 0.25) is 5.02 Å². The summed E-state index contributed by atoms with van der Waals surface area (Å²) in [7, 11) is -4.13. The lowest BCUT2D eigenvalue weighted by atomic mass is 10.3. The Labute approximate surface area is 131 Å². The van der Waals surface area contributed by atoms with Gasteiger partial charge < -0.3 is 9.67 Å². The van der Waals surface area contributed by atoms with E-state index >= 15 is 0 Å². The van der Waals surface area contributed by atoms with Crippen LogP contribution >= 0.6 is 11.6 Å². The molecule has 6 nitrogen and oxygen atoms in total. The Bertz CT molecular complexity index is 833. The van der Waals surface area contributed by atoms with Crippen molar-refractivity contribution in [1.29, 1.82) is 0 Å². The van der Waals surface area contributed by atoms with Crippen molar-refractivity contribution < 1.29 is 22.7 Å². The van der Waals surface area contributed by atoms with E-state index in [1.165, 1.54) is 16.8 Å². The van der Waals surface area contributed by atoms with Gasteiger partial charge >= 0.3 is 5.97 Å². The zero-order chi connectivity index (χ0) is 16.5. The third kappa shape index (κ3) is 3.23. The number of anilines is 1. The number of carboxylic acids is 1. The van der Waals surface area contributed by atoms with Crippen LogP contribution < -0.4 is 4.72 Å². The van der Waals surface area contributed by atoms with Gasteiger partial charge in [0.05, 0.1) is 5.69 Å². The lowest BCUT2D eigenvalue weighted by Crippen LogP contribution is -2.13. The second-order valence-electron chi connectivity index (χ2n) is 4.38. The number of nitrogens with zero attached hydrogens (tertiary/aromatic N) is 1. The number of aromatic carboxylic acids is 1. The first-order chi connectivity index (χ1) is 10.2. The Balaban J connectivity index is 2.43. The Morgan fingerprint density at radius 1 is 1.41 bits per heavy atom. The van der Waals surface area contributed by atoms with E-state index in [9.17, 15) is 17.6 Å². The molecule has 0 saturated carbocycles. The van der Waals surface area contributed by atoms with Gasteiger partial charge in [0.25, 0.3) is 10.0 Å². The fraction of sp³-hybridized carbons (Fsp3) is 0.154. The molecule has 2 aromatic rings. The van der Waals surface area contributed by atoms with Crippen LogP contribution in [0, 0.1) is 5.82 Å². The van der Waals surface area contributed by atoms with Gasteiger partial charge in [0.2, 0.25) is 0 Å². The molecule has 0 bridgehead atoms. The maximum atomic E-state index is 13.6. The molecule has 0 unspecified atom stereocenters. The molecule has 1 aromatic heterocycles. The van der Waals surface area contributed by atoms with E-state index in [1.807, 2.05) is 0 Å². The second-order valence-corrected chi connectivity index (χ2v) is 6.50. The average molecular weight is 347 g/mol. The maximum absolute atomic E-state index is 13.6. The number of hydrogen-bond donors (Lipinski definition) is 2. The van der Waals surface area contributed by atoms with Crippen LogP contribution in [-0.2, 0) is 16.6 Å². The molecule has 1 heterocycles. The van der Waals surface area contributed by atoms with Crippen molar-refractivity contribution in [3.05, 3.63) is 47.0 Å². The molecular formula is C13H12ClFN2O4S. The number of carbonyl (C=O) groups is 1. The van der Waals surface area contributed by atoms with Gasteiger partial charge in [-0.1, -0.05) is 11.6 Å². The van der Waals surface area contributed by atoms with E-state index in [1.54, 1.807) is 6.92 Å². The molecule has 0 radical (unpaired) electrons. The minimum atomic E-state index is -4.13. The molecule has 22 heavy (non-hydrogen) atoms. The second kappa shape index (κ2) is 5.98. The SMILES string of the molecule is CCn1cc(S(=O)(=O)Nc2cc(Cl)ccc2F)cc1C(=O)O. The van der Waals surface area contributed by atoms with Gasteiger partial charge in [0, 0.05) is 17.8 Å². The van der Waals surface area contributed by atoms with E-state index in [0.29, 0.717) is 0 Å². The van der Waals surface area contributed by atoms with Gasteiger partial charge in [-0.3, -0.25) is 4.72 Å². The highest BCUT2D eigenvalue weighted by Gasteiger charge is 2.22. The topological polar surface area (TPSA) is 88.4 Å². The Kier molecular flexibility index (Phi) is 4.43. The summed E-state index contributed by atoms with van der Waals surface area (Å²) in [5.74, 6) is -2.04. The van der Waals surface area contributed by atoms with Crippen LogP contribution in [0.1, 0.15) is 17.4 Å². The number of sulfonamides is 1. The molecular weight excluding hydrogens is 335 g/mol.